The monoisotopic (exact) mass is 447 g/mol. The first-order chi connectivity index (χ1) is 10.8. The van der Waals surface area contributed by atoms with Gasteiger partial charge in [0, 0.05) is 63.7 Å². The summed E-state index contributed by atoms with van der Waals surface area (Å²) in [6.45, 7) is 6.01. The van der Waals surface area contributed by atoms with Gasteiger partial charge in [-0.25, -0.2) is 0 Å². The van der Waals surface area contributed by atoms with E-state index < -0.39 is 5.41 Å². The van der Waals surface area contributed by atoms with Gasteiger partial charge in [0.05, 0.1) is 12.0 Å². The molecule has 4 radical (unpaired) electrons. The molecule has 0 fully saturated rings. The van der Waals surface area contributed by atoms with E-state index in [0.29, 0.717) is 29.1 Å². The van der Waals surface area contributed by atoms with Crippen molar-refractivity contribution in [2.45, 2.75) is 46.1 Å². The predicted molar refractivity (Wildman–Crippen MR) is 90.0 cm³/mol. The fourth-order valence-electron chi connectivity index (χ4n) is 2.35. The normalized spacial score (nSPS) is 11.8. The molecule has 0 saturated heterocycles. The second-order valence-corrected chi connectivity index (χ2v) is 7.46. The average Bonchev–Trinajstić information content (AvgIpc) is 2.53. The van der Waals surface area contributed by atoms with E-state index in [2.05, 4.69) is 0 Å². The van der Waals surface area contributed by atoms with Crippen LogP contribution < -0.4 is 0 Å². The minimum Gasteiger partial charge on any atom is -0.463 e. The molecule has 0 saturated carbocycles. The zero-order valence-electron chi connectivity index (χ0n) is 15.9. The van der Waals surface area contributed by atoms with Gasteiger partial charge in [-0.15, -0.1) is 0 Å². The summed E-state index contributed by atoms with van der Waals surface area (Å²) in [5.41, 5.74) is -0.746. The summed E-state index contributed by atoms with van der Waals surface area (Å²) in [4.78, 5) is 26.3. The molecule has 0 aromatic heterocycles. The largest absolute Gasteiger partial charge is 0.463 e. The molecule has 1 amide bonds. The summed E-state index contributed by atoms with van der Waals surface area (Å²) >= 11 is 0. The summed E-state index contributed by atoms with van der Waals surface area (Å²) in [7, 11) is 3.95. The van der Waals surface area contributed by atoms with Gasteiger partial charge in [0.2, 0.25) is 15.7 Å². The summed E-state index contributed by atoms with van der Waals surface area (Å²) < 4.78 is 10.0. The van der Waals surface area contributed by atoms with Gasteiger partial charge in [0.1, 0.15) is 6.61 Å². The molecule has 0 aliphatic rings. The molecule has 0 aliphatic carbocycles. The summed E-state index contributed by atoms with van der Waals surface area (Å²) in [5, 5.41) is 8.74. The Morgan fingerprint density at radius 1 is 1.28 bits per heavy atom. The minimum absolute atomic E-state index is 0. The molecule has 1 N–H and O–H groups in total. The molecule has 25 heavy (non-hydrogen) atoms. The third-order valence-corrected chi connectivity index (χ3v) is 4.62. The molecule has 0 bridgehead atoms. The van der Waals surface area contributed by atoms with E-state index in [1.54, 1.807) is 32.9 Å². The topological polar surface area (TPSA) is 76.1 Å². The molecule has 0 aromatic rings. The Morgan fingerprint density at radius 2 is 1.88 bits per heavy atom. The number of aliphatic hydroxyl groups is 1. The van der Waals surface area contributed by atoms with Crippen LogP contribution in [0, 0.1) is 11.3 Å². The first kappa shape index (κ1) is 30.0. The van der Waals surface area contributed by atoms with Crippen LogP contribution in [0.4, 0.5) is 0 Å². The zero-order valence-corrected chi connectivity index (χ0v) is 19.7. The third kappa shape index (κ3) is 12.3. The quantitative estimate of drug-likeness (QED) is 0.279. The number of amides is 1. The second kappa shape index (κ2) is 16.4. The number of aliphatic hydroxyl groups excluding tert-OH is 1. The Balaban J connectivity index is -0.00000242. The molecule has 0 rings (SSSR count). The van der Waals surface area contributed by atoms with E-state index in [0.717, 1.165) is 12.5 Å². The maximum Gasteiger partial charge on any atom is 0.311 e. The van der Waals surface area contributed by atoms with E-state index >= 15 is 0 Å². The number of rotatable bonds is 12. The fraction of sp³-hybridized carbons (Fsp3) is 0.875. The fourth-order valence-corrected chi connectivity index (χ4v) is 2.86. The van der Waals surface area contributed by atoms with Gasteiger partial charge < -0.3 is 19.2 Å². The molecule has 0 spiro atoms. The second-order valence-electron chi connectivity index (χ2n) is 6.26. The molecule has 6 nitrogen and oxygen atoms in total. The van der Waals surface area contributed by atoms with Crippen LogP contribution in [0.1, 0.15) is 40.0 Å². The van der Waals surface area contributed by atoms with E-state index in [-0.39, 0.29) is 68.1 Å². The minimum atomic E-state index is -0.746. The molecule has 0 aliphatic heterocycles. The van der Waals surface area contributed by atoms with Gasteiger partial charge in [0.15, 0.2) is 0 Å². The summed E-state index contributed by atoms with van der Waals surface area (Å²) in [5.74, 6) is -0.514. The van der Waals surface area contributed by atoms with Gasteiger partial charge in [-0.1, -0.05) is 6.92 Å². The summed E-state index contributed by atoms with van der Waals surface area (Å²) in [6.07, 6.45) is 2.03. The molecule has 1 unspecified atom stereocenters. The first-order valence-corrected chi connectivity index (χ1v) is 9.20. The Hall–Kier alpha value is 0.246. The molecule has 0 heterocycles. The number of carbonyl (C=O) groups is 2. The van der Waals surface area contributed by atoms with Crippen LogP contribution in [-0.4, -0.2) is 65.6 Å². The number of ether oxygens (including phenoxy) is 1. The maximum atomic E-state index is 12.6. The Labute approximate surface area is 178 Å². The van der Waals surface area contributed by atoms with E-state index in [4.69, 9.17) is 14.3 Å². The summed E-state index contributed by atoms with van der Waals surface area (Å²) in [6, 6.07) is 0.948. The zero-order chi connectivity index (χ0) is 17.9. The van der Waals surface area contributed by atoms with Gasteiger partial charge in [-0.2, -0.15) is 0 Å². The first-order valence-electron chi connectivity index (χ1n) is 8.09. The van der Waals surface area contributed by atoms with Crippen LogP contribution in [0.2, 0.25) is 6.04 Å². The van der Waals surface area contributed by atoms with Gasteiger partial charge >= 0.3 is 5.97 Å². The van der Waals surface area contributed by atoms with Crippen molar-refractivity contribution >= 4 is 21.6 Å². The van der Waals surface area contributed by atoms with Crippen molar-refractivity contribution in [3.05, 3.63) is 0 Å². The molecular formula is C16H31NO5SiV2. The van der Waals surface area contributed by atoms with E-state index in [9.17, 15) is 9.59 Å². The van der Waals surface area contributed by atoms with Gasteiger partial charge in [-0.3, -0.25) is 9.59 Å². The van der Waals surface area contributed by atoms with Crippen molar-refractivity contribution in [1.82, 2.24) is 4.90 Å². The standard InChI is InChI=1S/C16H31NO5Si.2V/c1-6-13(12-16(2,3)15(20)22-10-9-18)14(19)17(4)8-7-11-23-21-5;;/h13,18H,6-12H2,1-5H3;;. The maximum absolute atomic E-state index is 12.6. The molecule has 0 aromatic carbocycles. The van der Waals surface area contributed by atoms with Crippen LogP contribution in [0.15, 0.2) is 0 Å². The molecule has 1 atom stereocenters. The van der Waals surface area contributed by atoms with Crippen LogP contribution in [0.5, 0.6) is 0 Å². The molecular weight excluding hydrogens is 416 g/mol. The Bertz CT molecular complexity index is 372. The number of hydrogen-bond acceptors (Lipinski definition) is 5. The van der Waals surface area contributed by atoms with Gasteiger partial charge in [0.25, 0.3) is 0 Å². The average molecular weight is 447 g/mol. The molecule has 9 heteroatoms. The molecule has 144 valence electrons. The smallest absolute Gasteiger partial charge is 0.311 e. The van der Waals surface area contributed by atoms with Gasteiger partial charge in [-0.05, 0) is 39.2 Å². The number of nitrogens with zero attached hydrogens (tertiary/aromatic N) is 1. The van der Waals surface area contributed by atoms with Crippen LogP contribution in [0.3, 0.4) is 0 Å². The van der Waals surface area contributed by atoms with Crippen molar-refractivity contribution in [3.8, 4) is 0 Å². The van der Waals surface area contributed by atoms with Crippen molar-refractivity contribution in [2.75, 3.05) is 33.9 Å². The van der Waals surface area contributed by atoms with E-state index in [1.165, 1.54) is 0 Å². The predicted octanol–water partition coefficient (Wildman–Crippen LogP) is 1.49. The van der Waals surface area contributed by atoms with Crippen LogP contribution in [-0.2, 0) is 55.9 Å². The Kier molecular flexibility index (Phi) is 19.7. The van der Waals surface area contributed by atoms with E-state index in [1.807, 2.05) is 6.92 Å². The number of esters is 1. The number of carbonyl (C=O) groups excluding carboxylic acids is 2. The van der Waals surface area contributed by atoms with Crippen molar-refractivity contribution in [2.24, 2.45) is 11.3 Å². The third-order valence-electron chi connectivity index (χ3n) is 3.77. The van der Waals surface area contributed by atoms with Crippen LogP contribution >= 0.6 is 0 Å². The number of hydrogen-bond donors (Lipinski definition) is 1. The van der Waals surface area contributed by atoms with Crippen molar-refractivity contribution in [3.63, 3.8) is 0 Å². The van der Waals surface area contributed by atoms with Crippen molar-refractivity contribution < 1.29 is 61.0 Å². The van der Waals surface area contributed by atoms with Crippen LogP contribution in [0.25, 0.3) is 0 Å². The Morgan fingerprint density at radius 3 is 2.36 bits per heavy atom. The SMILES string of the molecule is CCC(CC(C)(C)C(=O)OCCO)C(=O)N(C)CCC[Si]OC.[V].[V]. The van der Waals surface area contributed by atoms with Crippen molar-refractivity contribution in [1.29, 1.82) is 0 Å².